The van der Waals surface area contributed by atoms with Crippen molar-refractivity contribution < 1.29 is 9.18 Å². The van der Waals surface area contributed by atoms with E-state index in [4.69, 9.17) is 0 Å². The molecule has 0 bridgehead atoms. The zero-order chi connectivity index (χ0) is 22.0. The van der Waals surface area contributed by atoms with Crippen molar-refractivity contribution in [2.45, 2.75) is 20.8 Å². The Labute approximate surface area is 186 Å². The van der Waals surface area contributed by atoms with Gasteiger partial charge in [-0.2, -0.15) is 0 Å². The molecule has 4 rings (SSSR count). The van der Waals surface area contributed by atoms with Crippen LogP contribution in [0.1, 0.15) is 27.9 Å². The van der Waals surface area contributed by atoms with E-state index < -0.39 is 0 Å². The number of piperazine rings is 1. The number of carbonyl (C=O) groups is 1. The Hall–Kier alpha value is -2.77. The number of nitrogens with zero attached hydrogens (tertiary/aromatic N) is 3. The van der Waals surface area contributed by atoms with Gasteiger partial charge in [-0.3, -0.25) is 4.79 Å². The molecule has 0 spiro atoms. The Balaban J connectivity index is 1.47. The van der Waals surface area contributed by atoms with Crippen molar-refractivity contribution in [3.05, 3.63) is 64.4 Å². The lowest BCUT2D eigenvalue weighted by Crippen LogP contribution is -2.46. The van der Waals surface area contributed by atoms with E-state index in [0.717, 1.165) is 49.5 Å². The molecule has 1 amide bonds. The standard InChI is InChI=1S/C24H27FN4OS/c1-4-28-11-13-29(14-12-28)20-9-10-21(16(2)15-20)27-23(30)22-17(3)26-24(31-22)18-5-7-19(25)8-6-18/h5-10,15H,4,11-14H2,1-3H3,(H,27,30). The number of hydrogen-bond acceptors (Lipinski definition) is 5. The Kier molecular flexibility index (Phi) is 6.34. The number of benzene rings is 2. The third-order valence-corrected chi connectivity index (χ3v) is 6.94. The van der Waals surface area contributed by atoms with E-state index in [-0.39, 0.29) is 11.7 Å². The maximum atomic E-state index is 13.2. The first-order valence-corrected chi connectivity index (χ1v) is 11.4. The Morgan fingerprint density at radius 1 is 1.10 bits per heavy atom. The molecule has 0 aliphatic carbocycles. The highest BCUT2D eigenvalue weighted by Crippen LogP contribution is 2.30. The molecule has 0 saturated carbocycles. The third kappa shape index (κ3) is 4.78. The molecule has 2 aromatic carbocycles. The van der Waals surface area contributed by atoms with Crippen LogP contribution >= 0.6 is 11.3 Å². The molecule has 1 N–H and O–H groups in total. The minimum Gasteiger partial charge on any atom is -0.369 e. The minimum absolute atomic E-state index is 0.171. The van der Waals surface area contributed by atoms with Crippen LogP contribution in [0.4, 0.5) is 15.8 Å². The lowest BCUT2D eigenvalue weighted by atomic mass is 10.1. The zero-order valence-corrected chi connectivity index (χ0v) is 18.9. The van der Waals surface area contributed by atoms with Gasteiger partial charge in [0.25, 0.3) is 5.91 Å². The monoisotopic (exact) mass is 438 g/mol. The van der Waals surface area contributed by atoms with Gasteiger partial charge in [0.05, 0.1) is 5.69 Å². The largest absolute Gasteiger partial charge is 0.369 e. The van der Waals surface area contributed by atoms with Gasteiger partial charge in [0.1, 0.15) is 15.7 Å². The first-order valence-electron chi connectivity index (χ1n) is 10.6. The fourth-order valence-electron chi connectivity index (χ4n) is 3.81. The summed E-state index contributed by atoms with van der Waals surface area (Å²) in [4.78, 5) is 22.9. The van der Waals surface area contributed by atoms with Gasteiger partial charge in [-0.05, 0) is 68.4 Å². The number of aromatic nitrogens is 1. The normalized spacial score (nSPS) is 14.6. The lowest BCUT2D eigenvalue weighted by molar-refractivity contribution is 0.102. The molecule has 0 unspecified atom stereocenters. The molecule has 3 aromatic rings. The summed E-state index contributed by atoms with van der Waals surface area (Å²) < 4.78 is 13.2. The molecule has 5 nitrogen and oxygen atoms in total. The predicted molar refractivity (Wildman–Crippen MR) is 126 cm³/mol. The van der Waals surface area contributed by atoms with Gasteiger partial charge in [-0.25, -0.2) is 9.37 Å². The van der Waals surface area contributed by atoms with Gasteiger partial charge < -0.3 is 15.1 Å². The van der Waals surface area contributed by atoms with Crippen LogP contribution < -0.4 is 10.2 Å². The van der Waals surface area contributed by atoms with Crippen molar-refractivity contribution in [1.82, 2.24) is 9.88 Å². The second-order valence-electron chi connectivity index (χ2n) is 7.82. The minimum atomic E-state index is -0.291. The maximum Gasteiger partial charge on any atom is 0.267 e. The van der Waals surface area contributed by atoms with E-state index in [1.54, 1.807) is 12.1 Å². The number of nitrogens with one attached hydrogen (secondary N) is 1. The van der Waals surface area contributed by atoms with Crippen LogP contribution in [0.15, 0.2) is 42.5 Å². The first kappa shape index (κ1) is 21.5. The van der Waals surface area contributed by atoms with Crippen LogP contribution in [-0.2, 0) is 0 Å². The molecule has 2 heterocycles. The molecular formula is C24H27FN4OS. The molecule has 1 fully saturated rings. The van der Waals surface area contributed by atoms with E-state index in [1.807, 2.05) is 19.9 Å². The highest BCUT2D eigenvalue weighted by Gasteiger charge is 2.19. The van der Waals surface area contributed by atoms with Gasteiger partial charge in [-0.15, -0.1) is 11.3 Å². The number of hydrogen-bond donors (Lipinski definition) is 1. The summed E-state index contributed by atoms with van der Waals surface area (Å²) in [5.41, 5.74) is 4.50. The van der Waals surface area contributed by atoms with Crippen LogP contribution in [0.2, 0.25) is 0 Å². The average molecular weight is 439 g/mol. The highest BCUT2D eigenvalue weighted by atomic mass is 32.1. The van der Waals surface area contributed by atoms with E-state index in [9.17, 15) is 9.18 Å². The fraction of sp³-hybridized carbons (Fsp3) is 0.333. The molecule has 1 saturated heterocycles. The summed E-state index contributed by atoms with van der Waals surface area (Å²) in [5.74, 6) is -0.461. The summed E-state index contributed by atoms with van der Waals surface area (Å²) in [6, 6.07) is 12.4. The third-order valence-electron chi connectivity index (χ3n) is 5.74. The molecule has 1 aromatic heterocycles. The maximum absolute atomic E-state index is 13.2. The molecular weight excluding hydrogens is 411 g/mol. The van der Waals surface area contributed by atoms with Crippen molar-refractivity contribution in [2.24, 2.45) is 0 Å². The van der Waals surface area contributed by atoms with Gasteiger partial charge in [0.2, 0.25) is 0 Å². The number of thiazole rings is 1. The number of likely N-dealkylation sites (N-methyl/N-ethyl adjacent to an activating group) is 1. The van der Waals surface area contributed by atoms with Gasteiger partial charge in [-0.1, -0.05) is 6.92 Å². The molecule has 1 aliphatic rings. The summed E-state index contributed by atoms with van der Waals surface area (Å²) in [7, 11) is 0. The molecule has 162 valence electrons. The number of rotatable bonds is 5. The SMILES string of the molecule is CCN1CCN(c2ccc(NC(=O)c3sc(-c4ccc(F)cc4)nc3C)c(C)c2)CC1. The second-order valence-corrected chi connectivity index (χ2v) is 8.81. The van der Waals surface area contributed by atoms with E-state index in [2.05, 4.69) is 39.2 Å². The Morgan fingerprint density at radius 3 is 2.45 bits per heavy atom. The van der Waals surface area contributed by atoms with Crippen molar-refractivity contribution in [1.29, 1.82) is 0 Å². The summed E-state index contributed by atoms with van der Waals surface area (Å²) in [5, 5.41) is 3.74. The van der Waals surface area contributed by atoms with Crippen LogP contribution in [0.25, 0.3) is 10.6 Å². The highest BCUT2D eigenvalue weighted by molar-refractivity contribution is 7.17. The van der Waals surface area contributed by atoms with E-state index in [0.29, 0.717) is 15.6 Å². The van der Waals surface area contributed by atoms with Gasteiger partial charge >= 0.3 is 0 Å². The fourth-order valence-corrected chi connectivity index (χ4v) is 4.78. The van der Waals surface area contributed by atoms with Crippen molar-refractivity contribution in [3.8, 4) is 10.6 Å². The number of aryl methyl sites for hydroxylation is 2. The zero-order valence-electron chi connectivity index (χ0n) is 18.1. The summed E-state index contributed by atoms with van der Waals surface area (Å²) in [6.45, 7) is 11.3. The Bertz CT molecular complexity index is 1070. The quantitative estimate of drug-likeness (QED) is 0.612. The number of halogens is 1. The van der Waals surface area contributed by atoms with Crippen molar-refractivity contribution in [2.75, 3.05) is 42.9 Å². The van der Waals surface area contributed by atoms with Gasteiger partial charge in [0, 0.05) is 43.1 Å². The number of carbonyl (C=O) groups excluding carboxylic acids is 1. The topological polar surface area (TPSA) is 48.5 Å². The molecule has 31 heavy (non-hydrogen) atoms. The number of anilines is 2. The molecule has 0 atom stereocenters. The molecule has 7 heteroatoms. The van der Waals surface area contributed by atoms with Crippen LogP contribution in [-0.4, -0.2) is 48.5 Å². The van der Waals surface area contributed by atoms with Crippen LogP contribution in [0.3, 0.4) is 0 Å². The van der Waals surface area contributed by atoms with Crippen LogP contribution in [0, 0.1) is 19.7 Å². The summed E-state index contributed by atoms with van der Waals surface area (Å²) in [6.07, 6.45) is 0. The van der Waals surface area contributed by atoms with E-state index in [1.165, 1.54) is 29.2 Å². The predicted octanol–water partition coefficient (Wildman–Crippen LogP) is 4.96. The van der Waals surface area contributed by atoms with Crippen molar-refractivity contribution >= 4 is 28.6 Å². The molecule has 1 aliphatic heterocycles. The van der Waals surface area contributed by atoms with E-state index >= 15 is 0 Å². The lowest BCUT2D eigenvalue weighted by Gasteiger charge is -2.35. The number of amides is 1. The second kappa shape index (κ2) is 9.16. The smallest absolute Gasteiger partial charge is 0.267 e. The van der Waals surface area contributed by atoms with Gasteiger partial charge in [0.15, 0.2) is 0 Å². The first-order chi connectivity index (χ1) is 14.9. The Morgan fingerprint density at radius 2 is 1.81 bits per heavy atom. The molecule has 0 radical (unpaired) electrons. The van der Waals surface area contributed by atoms with Crippen molar-refractivity contribution in [3.63, 3.8) is 0 Å². The average Bonchev–Trinajstić information content (AvgIpc) is 3.17. The summed E-state index contributed by atoms with van der Waals surface area (Å²) >= 11 is 1.32. The van der Waals surface area contributed by atoms with Crippen LogP contribution in [0.5, 0.6) is 0 Å².